The van der Waals surface area contributed by atoms with Gasteiger partial charge in [0.05, 0.1) is 0 Å². The monoisotopic (exact) mass is 290 g/mol. The van der Waals surface area contributed by atoms with Gasteiger partial charge in [0, 0.05) is 18.8 Å². The third-order valence-electron chi connectivity index (χ3n) is 4.39. The van der Waals surface area contributed by atoms with E-state index >= 15 is 0 Å². The van der Waals surface area contributed by atoms with E-state index in [-0.39, 0.29) is 0 Å². The molecule has 1 nitrogen and oxygen atoms in total. The van der Waals surface area contributed by atoms with Crippen LogP contribution in [0.5, 0.6) is 0 Å². The molecular formula is C21H22O. The van der Waals surface area contributed by atoms with Crippen molar-refractivity contribution >= 4 is 0 Å². The number of ether oxygens (including phenoxy) is 1. The predicted molar refractivity (Wildman–Crippen MR) is 91.7 cm³/mol. The van der Waals surface area contributed by atoms with Gasteiger partial charge in [-0.15, -0.1) is 6.42 Å². The molecule has 3 rings (SSSR count). The zero-order valence-electron chi connectivity index (χ0n) is 12.9. The summed E-state index contributed by atoms with van der Waals surface area (Å²) in [5, 5.41) is 0. The van der Waals surface area contributed by atoms with Gasteiger partial charge in [0.15, 0.2) is 0 Å². The molecule has 112 valence electrons. The predicted octanol–water partition coefficient (Wildman–Crippen LogP) is 4.69. The fraction of sp³-hybridized carbons (Fsp3) is 0.333. The number of hydrogen-bond acceptors (Lipinski definition) is 1. The fourth-order valence-electron chi connectivity index (χ4n) is 3.17. The number of benzene rings is 2. The van der Waals surface area contributed by atoms with Crippen LogP contribution < -0.4 is 0 Å². The Morgan fingerprint density at radius 2 is 1.82 bits per heavy atom. The van der Waals surface area contributed by atoms with Crippen molar-refractivity contribution < 1.29 is 4.74 Å². The van der Waals surface area contributed by atoms with Crippen LogP contribution in [-0.2, 0) is 11.2 Å². The number of rotatable bonds is 3. The SMILES string of the molecule is C#Cc1cccc(-c2cccc(CC3CCCOCC3)c2)c1. The van der Waals surface area contributed by atoms with E-state index in [4.69, 9.17) is 11.2 Å². The molecule has 1 atom stereocenters. The lowest BCUT2D eigenvalue weighted by Crippen LogP contribution is -2.05. The van der Waals surface area contributed by atoms with Gasteiger partial charge in [0.1, 0.15) is 0 Å². The summed E-state index contributed by atoms with van der Waals surface area (Å²) in [6.45, 7) is 1.84. The maximum absolute atomic E-state index is 5.56. The first kappa shape index (κ1) is 14.9. The highest BCUT2D eigenvalue weighted by molar-refractivity contribution is 5.66. The van der Waals surface area contributed by atoms with Crippen LogP contribution in [0.2, 0.25) is 0 Å². The smallest absolute Gasteiger partial charge is 0.0468 e. The summed E-state index contributed by atoms with van der Waals surface area (Å²) in [7, 11) is 0. The second-order valence-electron chi connectivity index (χ2n) is 6.04. The van der Waals surface area contributed by atoms with Gasteiger partial charge < -0.3 is 4.74 Å². The largest absolute Gasteiger partial charge is 0.381 e. The van der Waals surface area contributed by atoms with Gasteiger partial charge >= 0.3 is 0 Å². The second-order valence-corrected chi connectivity index (χ2v) is 6.04. The molecule has 2 aromatic carbocycles. The molecule has 0 aliphatic carbocycles. The molecule has 1 unspecified atom stereocenters. The van der Waals surface area contributed by atoms with E-state index in [1.807, 2.05) is 12.1 Å². The molecule has 0 amide bonds. The summed E-state index contributed by atoms with van der Waals surface area (Å²) in [4.78, 5) is 0. The molecule has 1 fully saturated rings. The van der Waals surface area contributed by atoms with Crippen molar-refractivity contribution in [2.24, 2.45) is 5.92 Å². The van der Waals surface area contributed by atoms with Crippen molar-refractivity contribution in [3.05, 3.63) is 59.7 Å². The van der Waals surface area contributed by atoms with E-state index in [1.54, 1.807) is 0 Å². The van der Waals surface area contributed by atoms with Crippen LogP contribution in [-0.4, -0.2) is 13.2 Å². The molecule has 1 saturated heterocycles. The van der Waals surface area contributed by atoms with Gasteiger partial charge in [0.2, 0.25) is 0 Å². The van der Waals surface area contributed by atoms with E-state index in [2.05, 4.69) is 42.3 Å². The molecule has 0 bridgehead atoms. The number of hydrogen-bond donors (Lipinski definition) is 0. The normalized spacial score (nSPS) is 18.4. The highest BCUT2D eigenvalue weighted by atomic mass is 16.5. The highest BCUT2D eigenvalue weighted by Gasteiger charge is 2.13. The van der Waals surface area contributed by atoms with Crippen LogP contribution in [0, 0.1) is 18.3 Å². The van der Waals surface area contributed by atoms with Crippen LogP contribution in [0.15, 0.2) is 48.5 Å². The maximum atomic E-state index is 5.56. The van der Waals surface area contributed by atoms with Crippen LogP contribution in [0.25, 0.3) is 11.1 Å². The lowest BCUT2D eigenvalue weighted by Gasteiger charge is -2.14. The lowest BCUT2D eigenvalue weighted by atomic mass is 9.91. The molecule has 1 heterocycles. The maximum Gasteiger partial charge on any atom is 0.0468 e. The van der Waals surface area contributed by atoms with Crippen molar-refractivity contribution in [2.75, 3.05) is 13.2 Å². The standard InChI is InChI=1S/C21H22O/c1-2-17-6-3-9-20(15-17)21-10-4-7-19(16-21)14-18-8-5-12-22-13-11-18/h1,3-4,6-7,9-10,15-16,18H,5,8,11-14H2. The van der Waals surface area contributed by atoms with Gasteiger partial charge in [0.25, 0.3) is 0 Å². The summed E-state index contributed by atoms with van der Waals surface area (Å²) >= 11 is 0. The van der Waals surface area contributed by atoms with Gasteiger partial charge in [-0.3, -0.25) is 0 Å². The minimum Gasteiger partial charge on any atom is -0.381 e. The molecule has 0 aromatic heterocycles. The first-order valence-electron chi connectivity index (χ1n) is 8.09. The van der Waals surface area contributed by atoms with Crippen molar-refractivity contribution in [1.29, 1.82) is 0 Å². The van der Waals surface area contributed by atoms with E-state index in [0.29, 0.717) is 0 Å². The lowest BCUT2D eigenvalue weighted by molar-refractivity contribution is 0.141. The summed E-state index contributed by atoms with van der Waals surface area (Å²) < 4.78 is 5.56. The Labute approximate surface area is 133 Å². The Balaban J connectivity index is 1.78. The zero-order chi connectivity index (χ0) is 15.2. The van der Waals surface area contributed by atoms with Crippen molar-refractivity contribution in [3.63, 3.8) is 0 Å². The van der Waals surface area contributed by atoms with E-state index in [9.17, 15) is 0 Å². The molecule has 1 aliphatic rings. The van der Waals surface area contributed by atoms with E-state index in [1.165, 1.54) is 36.0 Å². The summed E-state index contributed by atoms with van der Waals surface area (Å²) in [6, 6.07) is 17.1. The topological polar surface area (TPSA) is 9.23 Å². The van der Waals surface area contributed by atoms with Crippen LogP contribution >= 0.6 is 0 Å². The summed E-state index contributed by atoms with van der Waals surface area (Å²) in [5.74, 6) is 3.46. The average Bonchev–Trinajstić information content (AvgIpc) is 2.84. The zero-order valence-corrected chi connectivity index (χ0v) is 12.9. The molecule has 0 saturated carbocycles. The Morgan fingerprint density at radius 1 is 1.00 bits per heavy atom. The van der Waals surface area contributed by atoms with Gasteiger partial charge in [-0.2, -0.15) is 0 Å². The van der Waals surface area contributed by atoms with Gasteiger partial charge in [-0.05, 0) is 60.4 Å². The average molecular weight is 290 g/mol. The Hall–Kier alpha value is -2.04. The molecule has 0 N–H and O–H groups in total. The number of terminal acetylenes is 1. The van der Waals surface area contributed by atoms with Crippen molar-refractivity contribution in [1.82, 2.24) is 0 Å². The molecule has 0 radical (unpaired) electrons. The first-order chi connectivity index (χ1) is 10.8. The van der Waals surface area contributed by atoms with Crippen LogP contribution in [0.1, 0.15) is 30.4 Å². The minimum atomic E-state index is 0.745. The Bertz CT molecular complexity index is 658. The molecule has 0 spiro atoms. The molecular weight excluding hydrogens is 268 g/mol. The summed E-state index contributed by atoms with van der Waals surface area (Å²) in [6.07, 6.45) is 10.3. The first-order valence-corrected chi connectivity index (χ1v) is 8.09. The highest BCUT2D eigenvalue weighted by Crippen LogP contribution is 2.25. The van der Waals surface area contributed by atoms with Crippen molar-refractivity contribution in [3.8, 4) is 23.5 Å². The Morgan fingerprint density at radius 3 is 2.68 bits per heavy atom. The molecule has 1 heteroatoms. The van der Waals surface area contributed by atoms with Crippen LogP contribution in [0.4, 0.5) is 0 Å². The summed E-state index contributed by atoms with van der Waals surface area (Å²) in [5.41, 5.74) is 4.79. The minimum absolute atomic E-state index is 0.745. The van der Waals surface area contributed by atoms with Gasteiger partial charge in [-0.25, -0.2) is 0 Å². The Kier molecular flexibility index (Phi) is 4.93. The fourth-order valence-corrected chi connectivity index (χ4v) is 3.17. The molecule has 2 aromatic rings. The second kappa shape index (κ2) is 7.29. The van der Waals surface area contributed by atoms with Crippen molar-refractivity contribution in [2.45, 2.75) is 25.7 Å². The quantitative estimate of drug-likeness (QED) is 0.745. The van der Waals surface area contributed by atoms with E-state index in [0.717, 1.165) is 31.1 Å². The van der Waals surface area contributed by atoms with Crippen LogP contribution in [0.3, 0.4) is 0 Å². The van der Waals surface area contributed by atoms with Gasteiger partial charge in [-0.1, -0.05) is 42.3 Å². The third-order valence-corrected chi connectivity index (χ3v) is 4.39. The molecule has 22 heavy (non-hydrogen) atoms. The molecule has 1 aliphatic heterocycles. The third kappa shape index (κ3) is 3.78. The van der Waals surface area contributed by atoms with E-state index < -0.39 is 0 Å².